The summed E-state index contributed by atoms with van der Waals surface area (Å²) >= 11 is 0. The van der Waals surface area contributed by atoms with Crippen molar-refractivity contribution in [1.29, 1.82) is 0 Å². The summed E-state index contributed by atoms with van der Waals surface area (Å²) in [6.07, 6.45) is 4.05. The summed E-state index contributed by atoms with van der Waals surface area (Å²) in [7, 11) is 1.79. The lowest BCUT2D eigenvalue weighted by Crippen LogP contribution is -2.47. The molecule has 0 saturated carbocycles. The van der Waals surface area contributed by atoms with Gasteiger partial charge in [0.2, 0.25) is 0 Å². The molecular weight excluding hydrogens is 250 g/mol. The van der Waals surface area contributed by atoms with Crippen LogP contribution in [0.2, 0.25) is 0 Å². The van der Waals surface area contributed by atoms with Crippen molar-refractivity contribution in [1.82, 2.24) is 4.98 Å². The van der Waals surface area contributed by atoms with Gasteiger partial charge in [-0.3, -0.25) is 4.98 Å². The van der Waals surface area contributed by atoms with Crippen molar-refractivity contribution in [3.05, 3.63) is 30.5 Å². The van der Waals surface area contributed by atoms with E-state index in [4.69, 9.17) is 10.5 Å². The highest BCUT2D eigenvalue weighted by molar-refractivity contribution is 5.98. The first kappa shape index (κ1) is 13.2. The number of fused-ring (bicyclic) bond motifs is 1. The third-order valence-corrected chi connectivity index (χ3v) is 4.27. The van der Waals surface area contributed by atoms with Crippen LogP contribution in [0.25, 0.3) is 10.9 Å². The maximum Gasteiger partial charge on any atom is 0.0955 e. The van der Waals surface area contributed by atoms with E-state index in [9.17, 15) is 0 Å². The number of nitrogen functional groups attached to an aromatic ring is 1. The number of rotatable bonds is 2. The van der Waals surface area contributed by atoms with E-state index < -0.39 is 0 Å². The second-order valence-corrected chi connectivity index (χ2v) is 5.75. The molecule has 1 aromatic carbocycles. The number of piperidine rings is 1. The summed E-state index contributed by atoms with van der Waals surface area (Å²) in [6.45, 7) is 4.10. The number of nitrogens with zero attached hydrogens (tertiary/aromatic N) is 2. The van der Waals surface area contributed by atoms with Gasteiger partial charge in [-0.25, -0.2) is 0 Å². The van der Waals surface area contributed by atoms with Crippen molar-refractivity contribution in [2.24, 2.45) is 0 Å². The first-order valence-corrected chi connectivity index (χ1v) is 7.06. The maximum atomic E-state index is 6.05. The molecule has 2 aromatic rings. The predicted octanol–water partition coefficient (Wildman–Crippen LogP) is 2.82. The summed E-state index contributed by atoms with van der Waals surface area (Å²) in [6, 6.07) is 8.00. The number of hydrogen-bond donors (Lipinski definition) is 1. The number of benzene rings is 1. The first-order valence-electron chi connectivity index (χ1n) is 7.06. The third-order valence-electron chi connectivity index (χ3n) is 4.27. The van der Waals surface area contributed by atoms with E-state index in [0.29, 0.717) is 0 Å². The maximum absolute atomic E-state index is 6.05. The standard InChI is InChI=1S/C16H21N3O/c1-16(20-2)8-4-10-19(11-16)14-7-6-13(17)12-5-3-9-18-15(12)14/h3,5-7,9H,4,8,10-11,17H2,1-2H3. The lowest BCUT2D eigenvalue weighted by molar-refractivity contribution is -0.00460. The molecule has 106 valence electrons. The highest BCUT2D eigenvalue weighted by Crippen LogP contribution is 2.33. The van der Waals surface area contributed by atoms with Crippen LogP contribution < -0.4 is 10.6 Å². The smallest absolute Gasteiger partial charge is 0.0955 e. The zero-order chi connectivity index (χ0) is 14.2. The van der Waals surface area contributed by atoms with Crippen LogP contribution in [0.4, 0.5) is 11.4 Å². The zero-order valence-corrected chi connectivity index (χ0v) is 12.1. The summed E-state index contributed by atoms with van der Waals surface area (Å²) in [5.74, 6) is 0. The highest BCUT2D eigenvalue weighted by atomic mass is 16.5. The number of methoxy groups -OCH3 is 1. The molecule has 1 aliphatic heterocycles. The number of hydrogen-bond acceptors (Lipinski definition) is 4. The van der Waals surface area contributed by atoms with Gasteiger partial charge in [-0.05, 0) is 44.0 Å². The lowest BCUT2D eigenvalue weighted by Gasteiger charge is -2.40. The Balaban J connectivity index is 2.04. The molecule has 0 spiro atoms. The van der Waals surface area contributed by atoms with Gasteiger partial charge in [0.25, 0.3) is 0 Å². The second-order valence-electron chi connectivity index (χ2n) is 5.75. The third kappa shape index (κ3) is 2.20. The van der Waals surface area contributed by atoms with Crippen molar-refractivity contribution in [2.45, 2.75) is 25.4 Å². The van der Waals surface area contributed by atoms with Gasteiger partial charge in [-0.2, -0.15) is 0 Å². The fraction of sp³-hybridized carbons (Fsp3) is 0.438. The Morgan fingerprint density at radius 3 is 3.00 bits per heavy atom. The number of aromatic nitrogens is 1. The van der Waals surface area contributed by atoms with E-state index in [1.54, 1.807) is 7.11 Å². The molecular formula is C16H21N3O. The van der Waals surface area contributed by atoms with E-state index >= 15 is 0 Å². The van der Waals surface area contributed by atoms with Gasteiger partial charge < -0.3 is 15.4 Å². The van der Waals surface area contributed by atoms with E-state index in [1.807, 2.05) is 24.4 Å². The monoisotopic (exact) mass is 271 g/mol. The van der Waals surface area contributed by atoms with Gasteiger partial charge in [0, 0.05) is 37.5 Å². The Morgan fingerprint density at radius 2 is 2.20 bits per heavy atom. The molecule has 0 aliphatic carbocycles. The van der Waals surface area contributed by atoms with E-state index in [2.05, 4.69) is 22.9 Å². The molecule has 4 heteroatoms. The van der Waals surface area contributed by atoms with Gasteiger partial charge in [-0.1, -0.05) is 0 Å². The Labute approximate surface area is 119 Å². The number of ether oxygens (including phenoxy) is 1. The first-order chi connectivity index (χ1) is 9.63. The van der Waals surface area contributed by atoms with Crippen molar-refractivity contribution in [2.75, 3.05) is 30.8 Å². The van der Waals surface area contributed by atoms with Gasteiger partial charge in [0.1, 0.15) is 0 Å². The van der Waals surface area contributed by atoms with Crippen LogP contribution in [0.1, 0.15) is 19.8 Å². The van der Waals surface area contributed by atoms with Crippen LogP contribution >= 0.6 is 0 Å². The Morgan fingerprint density at radius 1 is 1.35 bits per heavy atom. The Hall–Kier alpha value is -1.81. The van der Waals surface area contributed by atoms with Crippen molar-refractivity contribution in [3.8, 4) is 0 Å². The number of nitrogens with two attached hydrogens (primary N) is 1. The quantitative estimate of drug-likeness (QED) is 0.853. The molecule has 2 heterocycles. The highest BCUT2D eigenvalue weighted by Gasteiger charge is 2.31. The second kappa shape index (κ2) is 4.94. The average molecular weight is 271 g/mol. The number of anilines is 2. The van der Waals surface area contributed by atoms with E-state index in [-0.39, 0.29) is 5.60 Å². The van der Waals surface area contributed by atoms with Gasteiger partial charge in [0.15, 0.2) is 0 Å². The van der Waals surface area contributed by atoms with Crippen LogP contribution in [0, 0.1) is 0 Å². The summed E-state index contributed by atoms with van der Waals surface area (Å²) in [5.41, 5.74) is 8.88. The van der Waals surface area contributed by atoms with E-state index in [0.717, 1.165) is 48.2 Å². The van der Waals surface area contributed by atoms with Crippen LogP contribution in [0.15, 0.2) is 30.5 Å². The molecule has 4 nitrogen and oxygen atoms in total. The summed E-state index contributed by atoms with van der Waals surface area (Å²) in [4.78, 5) is 6.89. The van der Waals surface area contributed by atoms with Crippen LogP contribution in [0.5, 0.6) is 0 Å². The molecule has 2 N–H and O–H groups in total. The predicted molar refractivity (Wildman–Crippen MR) is 83.0 cm³/mol. The van der Waals surface area contributed by atoms with Crippen molar-refractivity contribution >= 4 is 22.3 Å². The zero-order valence-electron chi connectivity index (χ0n) is 12.1. The molecule has 0 radical (unpaired) electrons. The average Bonchev–Trinajstić information content (AvgIpc) is 2.48. The van der Waals surface area contributed by atoms with Crippen molar-refractivity contribution < 1.29 is 4.74 Å². The minimum absolute atomic E-state index is 0.0826. The molecule has 0 amide bonds. The van der Waals surface area contributed by atoms with Crippen molar-refractivity contribution in [3.63, 3.8) is 0 Å². The normalized spacial score (nSPS) is 23.2. The van der Waals surface area contributed by atoms with Gasteiger partial charge >= 0.3 is 0 Å². The SMILES string of the molecule is COC1(C)CCCN(c2ccc(N)c3cccnc23)C1. The molecule has 1 unspecified atom stereocenters. The van der Waals surface area contributed by atoms with E-state index in [1.165, 1.54) is 0 Å². The molecule has 1 aliphatic rings. The molecule has 20 heavy (non-hydrogen) atoms. The topological polar surface area (TPSA) is 51.4 Å². The Kier molecular flexibility index (Phi) is 3.26. The fourth-order valence-corrected chi connectivity index (χ4v) is 3.01. The summed E-state index contributed by atoms with van der Waals surface area (Å²) < 4.78 is 5.68. The van der Waals surface area contributed by atoms with Gasteiger partial charge in [-0.15, -0.1) is 0 Å². The Bertz CT molecular complexity index is 628. The molecule has 1 fully saturated rings. The van der Waals surface area contributed by atoms with Crippen LogP contribution in [0.3, 0.4) is 0 Å². The van der Waals surface area contributed by atoms with Gasteiger partial charge in [0.05, 0.1) is 16.8 Å². The number of pyridine rings is 1. The molecule has 1 atom stereocenters. The summed E-state index contributed by atoms with van der Waals surface area (Å²) in [5, 5.41) is 1.02. The fourth-order valence-electron chi connectivity index (χ4n) is 3.01. The molecule has 0 bridgehead atoms. The minimum atomic E-state index is -0.0826. The largest absolute Gasteiger partial charge is 0.398 e. The molecule has 1 aromatic heterocycles. The van der Waals surface area contributed by atoms with Crippen LogP contribution in [-0.2, 0) is 4.74 Å². The lowest BCUT2D eigenvalue weighted by atomic mass is 9.94. The van der Waals surface area contributed by atoms with Crippen LogP contribution in [-0.4, -0.2) is 30.8 Å². The minimum Gasteiger partial charge on any atom is -0.398 e. The molecule has 1 saturated heterocycles. The molecule has 3 rings (SSSR count).